The summed E-state index contributed by atoms with van der Waals surface area (Å²) in [6, 6.07) is 15.1. The van der Waals surface area contributed by atoms with Crippen LogP contribution < -0.4 is 10.9 Å². The molecule has 0 radical (unpaired) electrons. The molecule has 0 fully saturated rings. The van der Waals surface area contributed by atoms with Gasteiger partial charge in [-0.3, -0.25) is 4.79 Å². The van der Waals surface area contributed by atoms with Crippen LogP contribution in [0.5, 0.6) is 0 Å². The number of fused-ring (bicyclic) bond motifs is 2. The van der Waals surface area contributed by atoms with Gasteiger partial charge in [0.2, 0.25) is 0 Å². The van der Waals surface area contributed by atoms with Gasteiger partial charge >= 0.3 is 5.97 Å². The van der Waals surface area contributed by atoms with Gasteiger partial charge < -0.3 is 10.1 Å². The highest BCUT2D eigenvalue weighted by molar-refractivity contribution is 6.18. The quantitative estimate of drug-likeness (QED) is 0.286. The minimum Gasteiger partial charge on any atom is -0.478 e. The van der Waals surface area contributed by atoms with E-state index in [0.717, 1.165) is 16.0 Å². The predicted octanol–water partition coefficient (Wildman–Crippen LogP) is 3.36. The van der Waals surface area contributed by atoms with Crippen LogP contribution in [0.4, 0.5) is 5.69 Å². The maximum atomic E-state index is 13.0. The van der Waals surface area contributed by atoms with Crippen molar-refractivity contribution in [3.8, 4) is 0 Å². The summed E-state index contributed by atoms with van der Waals surface area (Å²) in [4.78, 5) is 31.7. The molecular weight excluding hydrogens is 368 g/mol. The largest absolute Gasteiger partial charge is 0.478 e. The molecule has 0 aliphatic rings. The summed E-state index contributed by atoms with van der Waals surface area (Å²) in [6.07, 6.45) is 1.56. The van der Waals surface area contributed by atoms with Crippen LogP contribution in [0.15, 0.2) is 60.9 Å². The Hall–Kier alpha value is -3.42. The van der Waals surface area contributed by atoms with Crippen molar-refractivity contribution < 1.29 is 14.7 Å². The van der Waals surface area contributed by atoms with Crippen LogP contribution in [-0.4, -0.2) is 27.0 Å². The van der Waals surface area contributed by atoms with Gasteiger partial charge in [0.05, 0.1) is 28.6 Å². The SMILES string of the molecule is Cl.NN(C(=O)c1cccc2cccc(C(=O)O)c12)c1ccc2nc[nH]c2c1. The maximum absolute atomic E-state index is 13.0. The Morgan fingerprint density at radius 1 is 1.04 bits per heavy atom. The van der Waals surface area contributed by atoms with E-state index >= 15 is 0 Å². The number of nitrogens with one attached hydrogen (secondary N) is 1. The fourth-order valence-corrected chi connectivity index (χ4v) is 3.02. The van der Waals surface area contributed by atoms with Gasteiger partial charge in [-0.05, 0) is 35.7 Å². The highest BCUT2D eigenvalue weighted by Crippen LogP contribution is 2.26. The number of aromatic nitrogens is 2. The summed E-state index contributed by atoms with van der Waals surface area (Å²) < 4.78 is 0. The summed E-state index contributed by atoms with van der Waals surface area (Å²) >= 11 is 0. The number of aromatic amines is 1. The maximum Gasteiger partial charge on any atom is 0.336 e. The average Bonchev–Trinajstić information content (AvgIpc) is 3.13. The minimum absolute atomic E-state index is 0. The number of halogens is 1. The number of aromatic carboxylic acids is 1. The van der Waals surface area contributed by atoms with E-state index in [-0.39, 0.29) is 23.5 Å². The molecule has 1 aromatic heterocycles. The Labute approximate surface area is 159 Å². The standard InChI is InChI=1S/C19H14N4O3.ClH/c20-23(12-7-8-15-16(9-12)22-10-21-15)18(24)13-5-1-3-11-4-2-6-14(17(11)13)19(25)26;/h1-10H,20H2,(H,21,22)(H,25,26);1H. The number of hydrogen-bond donors (Lipinski definition) is 3. The molecule has 0 spiro atoms. The molecule has 136 valence electrons. The molecule has 4 aromatic rings. The third-order valence-electron chi connectivity index (χ3n) is 4.27. The van der Waals surface area contributed by atoms with Gasteiger partial charge in [0.1, 0.15) is 0 Å². The number of carbonyl (C=O) groups excluding carboxylic acids is 1. The van der Waals surface area contributed by atoms with Gasteiger partial charge in [-0.2, -0.15) is 0 Å². The van der Waals surface area contributed by atoms with Crippen molar-refractivity contribution in [3.05, 3.63) is 72.1 Å². The second-order valence-electron chi connectivity index (χ2n) is 5.79. The number of nitrogens with zero attached hydrogens (tertiary/aromatic N) is 2. The zero-order chi connectivity index (χ0) is 18.3. The predicted molar refractivity (Wildman–Crippen MR) is 105 cm³/mol. The van der Waals surface area contributed by atoms with Gasteiger partial charge in [0.25, 0.3) is 5.91 Å². The van der Waals surface area contributed by atoms with E-state index < -0.39 is 11.9 Å². The van der Waals surface area contributed by atoms with Gasteiger partial charge in [-0.25, -0.2) is 20.6 Å². The van der Waals surface area contributed by atoms with Crippen molar-refractivity contribution in [3.63, 3.8) is 0 Å². The molecule has 7 nitrogen and oxygen atoms in total. The van der Waals surface area contributed by atoms with Crippen molar-refractivity contribution in [1.82, 2.24) is 9.97 Å². The second-order valence-corrected chi connectivity index (χ2v) is 5.79. The fourth-order valence-electron chi connectivity index (χ4n) is 3.02. The number of H-pyrrole nitrogens is 1. The van der Waals surface area contributed by atoms with Crippen molar-refractivity contribution in [2.24, 2.45) is 5.84 Å². The number of carbonyl (C=O) groups is 2. The van der Waals surface area contributed by atoms with Gasteiger partial charge in [0.15, 0.2) is 0 Å². The van der Waals surface area contributed by atoms with Crippen LogP contribution in [0.25, 0.3) is 21.8 Å². The van der Waals surface area contributed by atoms with Crippen LogP contribution in [0.2, 0.25) is 0 Å². The highest BCUT2D eigenvalue weighted by Gasteiger charge is 2.21. The topological polar surface area (TPSA) is 112 Å². The second kappa shape index (κ2) is 7.06. The monoisotopic (exact) mass is 382 g/mol. The van der Waals surface area contributed by atoms with Crippen molar-refractivity contribution in [1.29, 1.82) is 0 Å². The lowest BCUT2D eigenvalue weighted by Gasteiger charge is -2.18. The number of hydrogen-bond acceptors (Lipinski definition) is 4. The van der Waals surface area contributed by atoms with E-state index in [2.05, 4.69) is 9.97 Å². The number of carboxylic acids is 1. The van der Waals surface area contributed by atoms with Crippen molar-refractivity contribution in [2.45, 2.75) is 0 Å². The lowest BCUT2D eigenvalue weighted by Crippen LogP contribution is -2.37. The first-order valence-electron chi connectivity index (χ1n) is 7.83. The Kier molecular flexibility index (Phi) is 4.81. The van der Waals surface area contributed by atoms with Gasteiger partial charge in [-0.1, -0.05) is 24.3 Å². The zero-order valence-electron chi connectivity index (χ0n) is 13.9. The van der Waals surface area contributed by atoms with E-state index in [1.807, 2.05) is 0 Å². The molecule has 0 saturated heterocycles. The summed E-state index contributed by atoms with van der Waals surface area (Å²) in [6.45, 7) is 0. The lowest BCUT2D eigenvalue weighted by molar-refractivity contribution is 0.0699. The Morgan fingerprint density at radius 2 is 1.74 bits per heavy atom. The zero-order valence-corrected chi connectivity index (χ0v) is 14.7. The van der Waals surface area contributed by atoms with Crippen LogP contribution in [0, 0.1) is 0 Å². The van der Waals surface area contributed by atoms with E-state index in [1.165, 1.54) is 6.07 Å². The number of hydrazine groups is 1. The van der Waals surface area contributed by atoms with Crippen LogP contribution in [-0.2, 0) is 0 Å². The molecule has 4 rings (SSSR count). The van der Waals surface area contributed by atoms with Gasteiger partial charge in [0, 0.05) is 10.9 Å². The first-order valence-corrected chi connectivity index (χ1v) is 7.83. The number of rotatable bonds is 3. The number of nitrogens with two attached hydrogens (primary N) is 1. The minimum atomic E-state index is -1.10. The Balaban J connectivity index is 0.00000210. The van der Waals surface area contributed by atoms with Crippen LogP contribution in [0.1, 0.15) is 20.7 Å². The van der Waals surface area contributed by atoms with E-state index in [1.54, 1.807) is 54.9 Å². The van der Waals surface area contributed by atoms with Crippen LogP contribution >= 0.6 is 12.4 Å². The van der Waals surface area contributed by atoms with Gasteiger partial charge in [-0.15, -0.1) is 12.4 Å². The number of carboxylic acid groups (broad SMARTS) is 1. The molecular formula is C19H15ClN4O3. The summed E-state index contributed by atoms with van der Waals surface area (Å²) in [5, 5.41) is 11.5. The number of benzene rings is 3. The average molecular weight is 383 g/mol. The molecule has 1 amide bonds. The molecule has 0 saturated carbocycles. The highest BCUT2D eigenvalue weighted by atomic mass is 35.5. The molecule has 3 aromatic carbocycles. The van der Waals surface area contributed by atoms with Crippen molar-refractivity contribution in [2.75, 3.05) is 5.01 Å². The van der Waals surface area contributed by atoms with Crippen LogP contribution in [0.3, 0.4) is 0 Å². The summed E-state index contributed by atoms with van der Waals surface area (Å²) in [7, 11) is 0. The van der Waals surface area contributed by atoms with E-state index in [0.29, 0.717) is 16.5 Å². The molecule has 0 aliphatic heterocycles. The number of anilines is 1. The smallest absolute Gasteiger partial charge is 0.336 e. The van der Waals surface area contributed by atoms with Crippen molar-refractivity contribution >= 4 is 51.8 Å². The molecule has 4 N–H and O–H groups in total. The lowest BCUT2D eigenvalue weighted by atomic mass is 9.98. The normalized spacial score (nSPS) is 10.6. The molecule has 0 bridgehead atoms. The first kappa shape index (κ1) is 18.4. The molecule has 0 aliphatic carbocycles. The Bertz CT molecular complexity index is 1170. The molecule has 8 heteroatoms. The summed E-state index contributed by atoms with van der Waals surface area (Å²) in [5.74, 6) is 4.45. The summed E-state index contributed by atoms with van der Waals surface area (Å²) in [5.41, 5.74) is 2.26. The first-order chi connectivity index (χ1) is 12.6. The molecule has 1 heterocycles. The molecule has 27 heavy (non-hydrogen) atoms. The van der Waals surface area contributed by atoms with E-state index in [4.69, 9.17) is 5.84 Å². The Morgan fingerprint density at radius 3 is 2.44 bits per heavy atom. The molecule has 0 atom stereocenters. The number of imidazole rings is 1. The third-order valence-corrected chi connectivity index (χ3v) is 4.27. The van der Waals surface area contributed by atoms with E-state index in [9.17, 15) is 14.7 Å². The number of amides is 1. The third kappa shape index (κ3) is 3.10. The fraction of sp³-hybridized carbons (Fsp3) is 0. The molecule has 0 unspecified atom stereocenters.